The maximum Gasteiger partial charge on any atom is 0.103 e. The number of rotatable bonds is 9. The van der Waals surface area contributed by atoms with Crippen LogP contribution in [0.1, 0.15) is 38.2 Å². The maximum atomic E-state index is 10.6. The molecule has 0 aliphatic carbocycles. The van der Waals surface area contributed by atoms with E-state index in [1.165, 1.54) is 5.57 Å². The van der Waals surface area contributed by atoms with Crippen LogP contribution in [-0.4, -0.2) is 0 Å². The van der Waals surface area contributed by atoms with Crippen LogP contribution in [0.2, 0.25) is 0 Å². The minimum absolute atomic E-state index is 0.292. The molecule has 0 N–H and O–H groups in total. The van der Waals surface area contributed by atoms with Gasteiger partial charge in [-0.05, 0) is 54.5 Å². The highest BCUT2D eigenvalue weighted by molar-refractivity contribution is 5.56. The second-order valence-corrected chi connectivity index (χ2v) is 5.03. The molecule has 2 nitrogen and oxygen atoms in total. The molecule has 0 spiro atoms. The average molecular weight is 281 g/mol. The van der Waals surface area contributed by atoms with Gasteiger partial charge in [0.25, 0.3) is 0 Å². The fourth-order valence-electron chi connectivity index (χ4n) is 2.00. The Morgan fingerprint density at radius 3 is 2.57 bits per heavy atom. The highest BCUT2D eigenvalue weighted by atomic mass is 16.3. The molecule has 0 radical (unpaired) electrons. The van der Waals surface area contributed by atoms with Crippen LogP contribution < -0.4 is 0 Å². The Morgan fingerprint density at radius 1 is 1.24 bits per heavy atom. The highest BCUT2D eigenvalue weighted by Crippen LogP contribution is 2.19. The van der Waals surface area contributed by atoms with Crippen molar-refractivity contribution >= 4 is 6.08 Å². The molecular formula is C19H23NO. The second kappa shape index (κ2) is 9.65. The van der Waals surface area contributed by atoms with E-state index in [9.17, 15) is 4.91 Å². The number of allylic oxidation sites excluding steroid dienone is 4. The summed E-state index contributed by atoms with van der Waals surface area (Å²) in [4.78, 5) is 10.6. The van der Waals surface area contributed by atoms with Gasteiger partial charge in [-0.2, -0.15) is 0 Å². The molecule has 0 aromatic heterocycles. The molecule has 0 amide bonds. The first kappa shape index (κ1) is 16.8. The molecule has 2 heteroatoms. The summed E-state index contributed by atoms with van der Waals surface area (Å²) in [5.41, 5.74) is 3.45. The largest absolute Gasteiger partial charge is 0.145 e. The Morgan fingerprint density at radius 2 is 1.95 bits per heavy atom. The third-order valence-corrected chi connectivity index (χ3v) is 3.24. The van der Waals surface area contributed by atoms with Crippen LogP contribution in [0.5, 0.6) is 0 Å². The number of benzene rings is 1. The molecule has 1 aromatic carbocycles. The minimum Gasteiger partial charge on any atom is -0.145 e. The molecule has 0 unspecified atom stereocenters. The van der Waals surface area contributed by atoms with Crippen LogP contribution in [-0.2, 0) is 0 Å². The zero-order valence-corrected chi connectivity index (χ0v) is 12.7. The fourth-order valence-corrected chi connectivity index (χ4v) is 2.00. The summed E-state index contributed by atoms with van der Waals surface area (Å²) >= 11 is 0. The molecule has 0 aliphatic heterocycles. The molecule has 0 aliphatic rings. The molecule has 1 aromatic rings. The molecule has 0 bridgehead atoms. The third-order valence-electron chi connectivity index (χ3n) is 3.24. The summed E-state index contributed by atoms with van der Waals surface area (Å²) in [6, 6.07) is 10.2. The predicted octanol–water partition coefficient (Wildman–Crippen LogP) is 6.04. The van der Waals surface area contributed by atoms with Gasteiger partial charge in [-0.15, -0.1) is 11.5 Å². The average Bonchev–Trinajstić information content (AvgIpc) is 2.51. The smallest absolute Gasteiger partial charge is 0.103 e. The van der Waals surface area contributed by atoms with E-state index in [-0.39, 0.29) is 0 Å². The fraction of sp³-hybridized carbons (Fsp3) is 0.263. The SMILES string of the molecule is C=CCCCCC(=C\c1ccccc1)/C=C(\C)C(=C)N=O. The molecule has 0 saturated carbocycles. The lowest BCUT2D eigenvalue weighted by Gasteiger charge is -2.05. The van der Waals surface area contributed by atoms with E-state index in [2.05, 4.69) is 36.5 Å². The summed E-state index contributed by atoms with van der Waals surface area (Å²) in [5.74, 6) is 0. The normalized spacial score (nSPS) is 12.0. The summed E-state index contributed by atoms with van der Waals surface area (Å²) < 4.78 is 0. The Hall–Kier alpha value is -2.22. The van der Waals surface area contributed by atoms with Crippen molar-refractivity contribution in [2.75, 3.05) is 0 Å². The van der Waals surface area contributed by atoms with E-state index in [1.807, 2.05) is 37.3 Å². The lowest BCUT2D eigenvalue weighted by atomic mass is 10.0. The van der Waals surface area contributed by atoms with E-state index in [1.54, 1.807) is 0 Å². The van der Waals surface area contributed by atoms with Crippen molar-refractivity contribution in [3.63, 3.8) is 0 Å². The quantitative estimate of drug-likeness (QED) is 0.235. The lowest BCUT2D eigenvalue weighted by Crippen LogP contribution is -1.86. The van der Waals surface area contributed by atoms with Crippen molar-refractivity contribution in [2.45, 2.75) is 32.6 Å². The number of unbranched alkanes of at least 4 members (excludes halogenated alkanes) is 2. The standard InChI is InChI=1S/C19H23NO/c1-4-5-6-8-13-19(14-16(2)17(3)20-21)15-18-11-9-7-10-12-18/h4,7,9-12,14-15H,1,3,5-6,8,13H2,2H3/b16-14+,19-15+. The van der Waals surface area contributed by atoms with E-state index in [4.69, 9.17) is 0 Å². The van der Waals surface area contributed by atoms with Gasteiger partial charge in [-0.25, -0.2) is 0 Å². The Kier molecular flexibility index (Phi) is 7.73. The first-order valence-corrected chi connectivity index (χ1v) is 7.25. The first-order valence-electron chi connectivity index (χ1n) is 7.25. The monoisotopic (exact) mass is 281 g/mol. The Labute approximate surface area is 127 Å². The lowest BCUT2D eigenvalue weighted by molar-refractivity contribution is 0.752. The van der Waals surface area contributed by atoms with Gasteiger partial charge in [0, 0.05) is 0 Å². The molecule has 21 heavy (non-hydrogen) atoms. The van der Waals surface area contributed by atoms with Crippen molar-refractivity contribution in [3.8, 4) is 0 Å². The van der Waals surface area contributed by atoms with Gasteiger partial charge < -0.3 is 0 Å². The minimum atomic E-state index is 0.292. The number of nitroso groups, excluding NO2 is 1. The Bertz CT molecular complexity index is 538. The number of hydrogen-bond donors (Lipinski definition) is 0. The highest BCUT2D eigenvalue weighted by Gasteiger charge is 2.00. The molecule has 0 heterocycles. The number of nitrogens with zero attached hydrogens (tertiary/aromatic N) is 1. The first-order chi connectivity index (χ1) is 10.2. The summed E-state index contributed by atoms with van der Waals surface area (Å²) in [5, 5.41) is 2.90. The molecular weight excluding hydrogens is 258 g/mol. The van der Waals surface area contributed by atoms with Crippen molar-refractivity contribution in [1.82, 2.24) is 0 Å². The van der Waals surface area contributed by atoms with Crippen LogP contribution >= 0.6 is 0 Å². The van der Waals surface area contributed by atoms with Crippen LogP contribution in [0.3, 0.4) is 0 Å². The van der Waals surface area contributed by atoms with E-state index in [0.717, 1.165) is 36.8 Å². The number of hydrogen-bond acceptors (Lipinski definition) is 2. The topological polar surface area (TPSA) is 29.4 Å². The summed E-state index contributed by atoms with van der Waals surface area (Å²) in [7, 11) is 0. The second-order valence-electron chi connectivity index (χ2n) is 5.03. The van der Waals surface area contributed by atoms with Crippen LogP contribution in [0.4, 0.5) is 0 Å². The van der Waals surface area contributed by atoms with E-state index < -0.39 is 0 Å². The van der Waals surface area contributed by atoms with Crippen LogP contribution in [0.15, 0.2) is 77.7 Å². The van der Waals surface area contributed by atoms with E-state index >= 15 is 0 Å². The molecule has 0 fully saturated rings. The van der Waals surface area contributed by atoms with Crippen molar-refractivity contribution < 1.29 is 0 Å². The molecule has 1 rings (SSSR count). The third kappa shape index (κ3) is 6.66. The van der Waals surface area contributed by atoms with Gasteiger partial charge in [0.15, 0.2) is 0 Å². The Balaban J connectivity index is 2.89. The van der Waals surface area contributed by atoms with Gasteiger partial charge in [-0.3, -0.25) is 0 Å². The van der Waals surface area contributed by atoms with E-state index in [0.29, 0.717) is 5.70 Å². The van der Waals surface area contributed by atoms with Crippen molar-refractivity contribution in [3.05, 3.63) is 83.0 Å². The van der Waals surface area contributed by atoms with Gasteiger partial charge in [0.2, 0.25) is 0 Å². The summed E-state index contributed by atoms with van der Waals surface area (Å²) in [6.45, 7) is 9.26. The van der Waals surface area contributed by atoms with Gasteiger partial charge in [0.1, 0.15) is 5.70 Å². The molecule has 0 atom stereocenters. The van der Waals surface area contributed by atoms with Gasteiger partial charge in [-0.1, -0.05) is 55.1 Å². The molecule has 0 saturated heterocycles. The maximum absolute atomic E-state index is 10.6. The van der Waals surface area contributed by atoms with Crippen molar-refractivity contribution in [2.24, 2.45) is 5.18 Å². The molecule has 110 valence electrons. The zero-order valence-electron chi connectivity index (χ0n) is 12.7. The van der Waals surface area contributed by atoms with Gasteiger partial charge in [0.05, 0.1) is 0 Å². The zero-order chi connectivity index (χ0) is 15.5. The predicted molar refractivity (Wildman–Crippen MR) is 91.8 cm³/mol. The van der Waals surface area contributed by atoms with Gasteiger partial charge >= 0.3 is 0 Å². The van der Waals surface area contributed by atoms with Crippen molar-refractivity contribution in [1.29, 1.82) is 0 Å². The summed E-state index contributed by atoms with van der Waals surface area (Å²) in [6.07, 6.45) is 10.3. The van der Waals surface area contributed by atoms with Crippen LogP contribution in [0, 0.1) is 4.91 Å². The van der Waals surface area contributed by atoms with Crippen LogP contribution in [0.25, 0.3) is 6.08 Å².